The lowest BCUT2D eigenvalue weighted by Gasteiger charge is -2.37. The minimum atomic E-state index is -0.360. The first-order valence-corrected chi connectivity index (χ1v) is 7.97. The Morgan fingerprint density at radius 2 is 2.00 bits per heavy atom. The van der Waals surface area contributed by atoms with Crippen molar-refractivity contribution in [3.05, 3.63) is 21.1 Å². The van der Waals surface area contributed by atoms with Gasteiger partial charge in [-0.25, -0.2) is 9.97 Å². The number of aromatic nitrogens is 2. The molecule has 0 bridgehead atoms. The van der Waals surface area contributed by atoms with Gasteiger partial charge in [0.2, 0.25) is 0 Å². The molecule has 5 heteroatoms. The van der Waals surface area contributed by atoms with Gasteiger partial charge in [0.1, 0.15) is 10.8 Å². The molecule has 1 aromatic heterocycles. The Balaban J connectivity index is 2.41. The molecule has 0 unspecified atom stereocenters. The van der Waals surface area contributed by atoms with E-state index >= 15 is 0 Å². The van der Waals surface area contributed by atoms with Crippen LogP contribution in [0.25, 0.3) is 0 Å². The topological polar surface area (TPSA) is 35.0 Å². The molecule has 0 aliphatic heterocycles. The Kier molecular flexibility index (Phi) is 4.85. The largest absolute Gasteiger partial charge is 0.370 e. The third kappa shape index (κ3) is 2.96. The zero-order chi connectivity index (χ0) is 14.0. The number of aryl methyl sites for hydroxylation is 1. The maximum absolute atomic E-state index is 6.21. The monoisotopic (exact) mass is 346 g/mol. The van der Waals surface area contributed by atoms with E-state index in [1.807, 2.05) is 0 Å². The number of rotatable bonds is 3. The highest BCUT2D eigenvalue weighted by Crippen LogP contribution is 2.41. The highest BCUT2D eigenvalue weighted by molar-refractivity contribution is 9.10. The average Bonchev–Trinajstić information content (AvgIpc) is 2.43. The average molecular weight is 348 g/mol. The summed E-state index contributed by atoms with van der Waals surface area (Å²) in [6.45, 7) is 4.35. The number of nitrogens with zero attached hydrogens (tertiary/aromatic N) is 2. The lowest BCUT2D eigenvalue weighted by Crippen LogP contribution is -2.35. The highest BCUT2D eigenvalue weighted by Gasteiger charge is 2.39. The first-order valence-electron chi connectivity index (χ1n) is 6.80. The molecule has 1 saturated carbocycles. The summed E-state index contributed by atoms with van der Waals surface area (Å²) in [5, 5.41) is 0.483. The van der Waals surface area contributed by atoms with Crippen molar-refractivity contribution in [1.29, 1.82) is 0 Å². The fourth-order valence-electron chi connectivity index (χ4n) is 2.65. The molecule has 0 spiro atoms. The summed E-state index contributed by atoms with van der Waals surface area (Å²) in [5.41, 5.74) is 0.589. The molecule has 19 heavy (non-hydrogen) atoms. The highest BCUT2D eigenvalue weighted by atomic mass is 79.9. The van der Waals surface area contributed by atoms with E-state index in [9.17, 15) is 0 Å². The fraction of sp³-hybridized carbons (Fsp3) is 0.714. The second-order valence-electron chi connectivity index (χ2n) is 5.33. The molecule has 0 aromatic carbocycles. The van der Waals surface area contributed by atoms with Crippen molar-refractivity contribution in [3.63, 3.8) is 0 Å². The lowest BCUT2D eigenvalue weighted by atomic mass is 9.79. The van der Waals surface area contributed by atoms with Gasteiger partial charge >= 0.3 is 0 Å². The van der Waals surface area contributed by atoms with E-state index in [-0.39, 0.29) is 5.60 Å². The predicted octanol–water partition coefficient (Wildman–Crippen LogP) is 4.51. The van der Waals surface area contributed by atoms with Crippen LogP contribution in [0.4, 0.5) is 0 Å². The van der Waals surface area contributed by atoms with Crippen LogP contribution in [-0.2, 0) is 16.8 Å². The van der Waals surface area contributed by atoms with Crippen molar-refractivity contribution >= 4 is 27.5 Å². The molecule has 1 aliphatic carbocycles. The number of hydrogen-bond donors (Lipinski definition) is 0. The fourth-order valence-corrected chi connectivity index (χ4v) is 3.30. The summed E-state index contributed by atoms with van der Waals surface area (Å²) >= 11 is 9.66. The zero-order valence-corrected chi connectivity index (χ0v) is 14.0. The molecule has 1 aromatic rings. The van der Waals surface area contributed by atoms with Gasteiger partial charge in [-0.1, -0.05) is 25.4 Å². The van der Waals surface area contributed by atoms with Crippen molar-refractivity contribution in [2.75, 3.05) is 7.11 Å². The van der Waals surface area contributed by atoms with Gasteiger partial charge < -0.3 is 4.74 Å². The summed E-state index contributed by atoms with van der Waals surface area (Å²) < 4.78 is 6.61. The van der Waals surface area contributed by atoms with Crippen LogP contribution in [-0.4, -0.2) is 17.1 Å². The quantitative estimate of drug-likeness (QED) is 0.755. The Labute approximate surface area is 128 Å². The van der Waals surface area contributed by atoms with Gasteiger partial charge in [-0.2, -0.15) is 0 Å². The molecule has 1 aliphatic rings. The normalized spacial score (nSPS) is 27.5. The minimum absolute atomic E-state index is 0.360. The summed E-state index contributed by atoms with van der Waals surface area (Å²) in [6, 6.07) is 0. The summed E-state index contributed by atoms with van der Waals surface area (Å²) in [5.74, 6) is 1.49. The van der Waals surface area contributed by atoms with Crippen molar-refractivity contribution < 1.29 is 4.74 Å². The van der Waals surface area contributed by atoms with Crippen molar-refractivity contribution in [2.24, 2.45) is 5.92 Å². The van der Waals surface area contributed by atoms with E-state index in [1.54, 1.807) is 7.11 Å². The van der Waals surface area contributed by atoms with E-state index in [4.69, 9.17) is 16.3 Å². The molecule has 2 rings (SSSR count). The maximum Gasteiger partial charge on any atom is 0.162 e. The number of halogens is 2. The maximum atomic E-state index is 6.21. The first-order chi connectivity index (χ1) is 9.02. The SMILES string of the molecule is CCc1nc(C2(OC)CCC(C)CC2)nc(Cl)c1Br. The van der Waals surface area contributed by atoms with Gasteiger partial charge in [-0.05, 0) is 54.0 Å². The second-order valence-corrected chi connectivity index (χ2v) is 6.48. The van der Waals surface area contributed by atoms with Crippen molar-refractivity contribution in [2.45, 2.75) is 51.6 Å². The third-order valence-electron chi connectivity index (χ3n) is 4.09. The van der Waals surface area contributed by atoms with Crippen LogP contribution in [0.5, 0.6) is 0 Å². The van der Waals surface area contributed by atoms with Gasteiger partial charge in [-0.3, -0.25) is 0 Å². The molecule has 0 amide bonds. The molecular formula is C14H20BrClN2O. The van der Waals surface area contributed by atoms with Gasteiger partial charge in [0, 0.05) is 7.11 Å². The Morgan fingerprint density at radius 1 is 1.37 bits per heavy atom. The van der Waals surface area contributed by atoms with Crippen molar-refractivity contribution in [3.8, 4) is 0 Å². The summed E-state index contributed by atoms with van der Waals surface area (Å²) in [4.78, 5) is 9.13. The standard InChI is InChI=1S/C14H20BrClN2O/c1-4-10-11(15)12(16)18-13(17-10)14(19-3)7-5-9(2)6-8-14/h9H,4-8H2,1-3H3. The Morgan fingerprint density at radius 3 is 2.53 bits per heavy atom. The minimum Gasteiger partial charge on any atom is -0.370 e. The van der Waals surface area contributed by atoms with E-state index in [2.05, 4.69) is 39.7 Å². The Hall–Kier alpha value is -0.190. The zero-order valence-electron chi connectivity index (χ0n) is 11.7. The molecule has 0 radical (unpaired) electrons. The summed E-state index contributed by atoms with van der Waals surface area (Å²) in [6.07, 6.45) is 5.04. The predicted molar refractivity (Wildman–Crippen MR) is 80.4 cm³/mol. The molecule has 0 atom stereocenters. The molecular weight excluding hydrogens is 328 g/mol. The molecule has 3 nitrogen and oxygen atoms in total. The van der Waals surface area contributed by atoms with Crippen LogP contribution in [0.2, 0.25) is 5.15 Å². The van der Waals surface area contributed by atoms with Crippen LogP contribution in [0, 0.1) is 5.92 Å². The Bertz CT molecular complexity index is 459. The van der Waals surface area contributed by atoms with Gasteiger partial charge in [-0.15, -0.1) is 0 Å². The van der Waals surface area contributed by atoms with Gasteiger partial charge in [0.15, 0.2) is 5.82 Å². The van der Waals surface area contributed by atoms with Gasteiger partial charge in [0.05, 0.1) is 10.2 Å². The molecule has 0 N–H and O–H groups in total. The van der Waals surface area contributed by atoms with Crippen molar-refractivity contribution in [1.82, 2.24) is 9.97 Å². The molecule has 0 saturated heterocycles. The number of methoxy groups -OCH3 is 1. The van der Waals surface area contributed by atoms with E-state index in [0.717, 1.165) is 54.0 Å². The lowest BCUT2D eigenvalue weighted by molar-refractivity contribution is -0.0599. The summed E-state index contributed by atoms with van der Waals surface area (Å²) in [7, 11) is 1.75. The smallest absolute Gasteiger partial charge is 0.162 e. The van der Waals surface area contributed by atoms with Crippen LogP contribution in [0.3, 0.4) is 0 Å². The molecule has 1 heterocycles. The first kappa shape index (κ1) is 15.2. The van der Waals surface area contributed by atoms with Crippen LogP contribution >= 0.6 is 27.5 Å². The van der Waals surface area contributed by atoms with Crippen LogP contribution in [0.15, 0.2) is 4.47 Å². The van der Waals surface area contributed by atoms with E-state index in [0.29, 0.717) is 5.15 Å². The number of hydrogen-bond acceptors (Lipinski definition) is 3. The van der Waals surface area contributed by atoms with Crippen LogP contribution < -0.4 is 0 Å². The van der Waals surface area contributed by atoms with Gasteiger partial charge in [0.25, 0.3) is 0 Å². The molecule has 1 fully saturated rings. The third-order valence-corrected chi connectivity index (χ3v) is 5.43. The molecule has 106 valence electrons. The van der Waals surface area contributed by atoms with E-state index in [1.165, 1.54) is 0 Å². The second kappa shape index (κ2) is 6.06. The van der Waals surface area contributed by atoms with E-state index < -0.39 is 0 Å². The number of ether oxygens (including phenoxy) is 1. The van der Waals surface area contributed by atoms with Crippen LogP contribution in [0.1, 0.15) is 51.0 Å².